The van der Waals surface area contributed by atoms with Crippen LogP contribution in [-0.4, -0.2) is 29.4 Å². The smallest absolute Gasteiger partial charge is 0.252 e. The van der Waals surface area contributed by atoms with E-state index < -0.39 is 25.9 Å². The zero-order valence-electron chi connectivity index (χ0n) is 14.9. The highest BCUT2D eigenvalue weighted by molar-refractivity contribution is 7.89. The average molecular weight is 496 g/mol. The summed E-state index contributed by atoms with van der Waals surface area (Å²) >= 11 is 23.1. The molecular formula is C17H17Cl3N4O3S2. The van der Waals surface area contributed by atoms with E-state index in [1.165, 1.54) is 24.3 Å². The van der Waals surface area contributed by atoms with Crippen LogP contribution in [0, 0.1) is 6.92 Å². The van der Waals surface area contributed by atoms with Gasteiger partial charge in [0.05, 0.1) is 4.90 Å². The predicted molar refractivity (Wildman–Crippen MR) is 120 cm³/mol. The summed E-state index contributed by atoms with van der Waals surface area (Å²) < 4.78 is 20.7. The topological polar surface area (TPSA) is 113 Å². The monoisotopic (exact) mass is 494 g/mol. The maximum absolute atomic E-state index is 12.5. The van der Waals surface area contributed by atoms with Crippen molar-refractivity contribution in [2.24, 2.45) is 5.14 Å². The Hall–Kier alpha value is -1.62. The molecule has 0 heterocycles. The van der Waals surface area contributed by atoms with E-state index in [2.05, 4.69) is 16.0 Å². The number of nitrogens with two attached hydrogens (primary N) is 1. The standard InChI is InChI=1S/C17H17Cl3N4O3S2/c1-10-3-2-4-11(9-10)14(25)23-15(17(18,19)20)24-16(28)22-12-5-7-13(8-6-12)29(21,26)27/h2-9,15H,1H3,(H,23,25)(H2,21,26,27)(H2,22,24,28)/t15-/m1/s1. The normalized spacial score (nSPS) is 12.7. The van der Waals surface area contributed by atoms with Crippen LogP contribution in [0.5, 0.6) is 0 Å². The Morgan fingerprint density at radius 2 is 1.72 bits per heavy atom. The summed E-state index contributed by atoms with van der Waals surface area (Å²) in [6.07, 6.45) is -1.15. The van der Waals surface area contributed by atoms with Crippen LogP contribution in [-0.2, 0) is 10.0 Å². The van der Waals surface area contributed by atoms with Gasteiger partial charge in [0.1, 0.15) is 6.17 Å². The van der Waals surface area contributed by atoms with Crippen molar-refractivity contribution in [2.75, 3.05) is 5.32 Å². The molecule has 0 radical (unpaired) electrons. The quantitative estimate of drug-likeness (QED) is 0.288. The lowest BCUT2D eigenvalue weighted by Gasteiger charge is -2.27. The van der Waals surface area contributed by atoms with Gasteiger partial charge in [0, 0.05) is 11.3 Å². The minimum atomic E-state index is -3.81. The molecule has 0 unspecified atom stereocenters. The number of amides is 1. The van der Waals surface area contributed by atoms with Gasteiger partial charge >= 0.3 is 0 Å². The highest BCUT2D eigenvalue weighted by Crippen LogP contribution is 2.29. The Kier molecular flexibility index (Phi) is 7.72. The van der Waals surface area contributed by atoms with Crippen LogP contribution in [0.15, 0.2) is 53.4 Å². The van der Waals surface area contributed by atoms with E-state index in [0.717, 1.165) is 5.56 Å². The van der Waals surface area contributed by atoms with Gasteiger partial charge in [-0.3, -0.25) is 4.79 Å². The summed E-state index contributed by atoms with van der Waals surface area (Å²) in [7, 11) is -3.81. The fourth-order valence-corrected chi connectivity index (χ4v) is 3.31. The number of alkyl halides is 3. The summed E-state index contributed by atoms with van der Waals surface area (Å²) in [4.78, 5) is 12.4. The van der Waals surface area contributed by atoms with Crippen LogP contribution < -0.4 is 21.1 Å². The van der Waals surface area contributed by atoms with E-state index >= 15 is 0 Å². The lowest BCUT2D eigenvalue weighted by Crippen LogP contribution is -2.56. The van der Waals surface area contributed by atoms with Crippen LogP contribution in [0.1, 0.15) is 15.9 Å². The molecule has 0 saturated carbocycles. The van der Waals surface area contributed by atoms with Crippen molar-refractivity contribution >= 4 is 73.8 Å². The van der Waals surface area contributed by atoms with Gasteiger partial charge < -0.3 is 16.0 Å². The number of hydrogen-bond acceptors (Lipinski definition) is 4. The minimum Gasteiger partial charge on any atom is -0.339 e. The largest absolute Gasteiger partial charge is 0.339 e. The molecule has 0 aliphatic heterocycles. The molecule has 5 N–H and O–H groups in total. The van der Waals surface area contributed by atoms with Crippen molar-refractivity contribution in [1.29, 1.82) is 0 Å². The van der Waals surface area contributed by atoms with Gasteiger partial charge in [0.2, 0.25) is 13.8 Å². The number of thiocarbonyl (C=S) groups is 1. The van der Waals surface area contributed by atoms with E-state index in [0.29, 0.717) is 11.3 Å². The number of sulfonamides is 1. The lowest BCUT2D eigenvalue weighted by molar-refractivity contribution is 0.0934. The number of hydrogen-bond donors (Lipinski definition) is 4. The molecule has 0 saturated heterocycles. The highest BCUT2D eigenvalue weighted by atomic mass is 35.6. The van der Waals surface area contributed by atoms with Crippen molar-refractivity contribution in [3.8, 4) is 0 Å². The Morgan fingerprint density at radius 1 is 1.10 bits per heavy atom. The summed E-state index contributed by atoms with van der Waals surface area (Å²) in [5, 5.41) is 13.2. The summed E-state index contributed by atoms with van der Waals surface area (Å²) in [6.45, 7) is 1.85. The third-order valence-corrected chi connectivity index (χ3v) is 5.40. The van der Waals surface area contributed by atoms with Gasteiger partial charge in [-0.15, -0.1) is 0 Å². The lowest BCUT2D eigenvalue weighted by atomic mass is 10.1. The number of carbonyl (C=O) groups is 1. The molecule has 29 heavy (non-hydrogen) atoms. The number of primary sulfonamides is 1. The average Bonchev–Trinajstić information content (AvgIpc) is 2.60. The molecular weight excluding hydrogens is 479 g/mol. The van der Waals surface area contributed by atoms with E-state index in [1.807, 2.05) is 13.0 Å². The molecule has 7 nitrogen and oxygen atoms in total. The molecule has 0 aromatic heterocycles. The van der Waals surface area contributed by atoms with Crippen LogP contribution in [0.3, 0.4) is 0 Å². The maximum Gasteiger partial charge on any atom is 0.252 e. The molecule has 2 aromatic rings. The molecule has 0 aliphatic rings. The Bertz CT molecular complexity index is 1010. The zero-order valence-corrected chi connectivity index (χ0v) is 18.8. The molecule has 0 aliphatic carbocycles. The van der Waals surface area contributed by atoms with Crippen LogP contribution in [0.25, 0.3) is 0 Å². The fourth-order valence-electron chi connectivity index (χ4n) is 2.23. The molecule has 2 rings (SSSR count). The van der Waals surface area contributed by atoms with E-state index in [-0.39, 0.29) is 10.0 Å². The zero-order chi connectivity index (χ0) is 21.8. The van der Waals surface area contributed by atoms with Gasteiger partial charge in [-0.2, -0.15) is 0 Å². The second-order valence-corrected chi connectivity index (χ2v) is 10.3. The van der Waals surface area contributed by atoms with E-state index in [1.54, 1.807) is 18.2 Å². The predicted octanol–water partition coefficient (Wildman–Crippen LogP) is 3.06. The number of halogens is 3. The van der Waals surface area contributed by atoms with Gasteiger partial charge in [-0.05, 0) is 55.5 Å². The van der Waals surface area contributed by atoms with Crippen LogP contribution >= 0.6 is 47.0 Å². The number of nitrogens with one attached hydrogen (secondary N) is 3. The SMILES string of the molecule is Cc1cccc(C(=O)N[C@H](NC(=S)Nc2ccc(S(N)(=O)=O)cc2)C(Cl)(Cl)Cl)c1. The molecule has 156 valence electrons. The molecule has 1 atom stereocenters. The first-order chi connectivity index (χ1) is 13.4. The van der Waals surface area contributed by atoms with Crippen molar-refractivity contribution in [3.05, 3.63) is 59.7 Å². The molecule has 12 heteroatoms. The summed E-state index contributed by atoms with van der Waals surface area (Å²) in [6, 6.07) is 12.4. The first kappa shape index (κ1) is 23.7. The third kappa shape index (κ3) is 7.29. The van der Waals surface area contributed by atoms with Gasteiger partial charge in [-0.1, -0.05) is 52.5 Å². The van der Waals surface area contributed by atoms with E-state index in [9.17, 15) is 13.2 Å². The maximum atomic E-state index is 12.5. The summed E-state index contributed by atoms with van der Waals surface area (Å²) in [5.74, 6) is -0.460. The van der Waals surface area contributed by atoms with Crippen molar-refractivity contribution in [2.45, 2.75) is 21.8 Å². The van der Waals surface area contributed by atoms with Crippen LogP contribution in [0.4, 0.5) is 5.69 Å². The van der Waals surface area contributed by atoms with Gasteiger partial charge in [0.15, 0.2) is 5.11 Å². The Balaban J connectivity index is 2.08. The number of anilines is 1. The molecule has 2 aromatic carbocycles. The molecule has 1 amide bonds. The van der Waals surface area contributed by atoms with Crippen LogP contribution in [0.2, 0.25) is 0 Å². The minimum absolute atomic E-state index is 0.0363. The van der Waals surface area contributed by atoms with Crippen molar-refractivity contribution in [3.63, 3.8) is 0 Å². The third-order valence-electron chi connectivity index (χ3n) is 3.60. The molecule has 0 spiro atoms. The summed E-state index contributed by atoms with van der Waals surface area (Å²) in [5.41, 5.74) is 1.75. The Labute approximate surface area is 188 Å². The highest BCUT2D eigenvalue weighted by Gasteiger charge is 2.35. The van der Waals surface area contributed by atoms with Gasteiger partial charge in [0.25, 0.3) is 5.91 Å². The molecule has 0 bridgehead atoms. The number of rotatable bonds is 5. The van der Waals surface area contributed by atoms with Crippen molar-refractivity contribution in [1.82, 2.24) is 10.6 Å². The second kappa shape index (κ2) is 9.46. The first-order valence-corrected chi connectivity index (χ1v) is 11.1. The first-order valence-electron chi connectivity index (χ1n) is 8.01. The second-order valence-electron chi connectivity index (χ2n) is 5.99. The van der Waals surface area contributed by atoms with Gasteiger partial charge in [-0.25, -0.2) is 13.6 Å². The fraction of sp³-hybridized carbons (Fsp3) is 0.176. The number of carbonyl (C=O) groups excluding carboxylic acids is 1. The van der Waals surface area contributed by atoms with E-state index in [4.69, 9.17) is 52.2 Å². The number of benzene rings is 2. The Morgan fingerprint density at radius 3 is 2.24 bits per heavy atom. The number of aryl methyl sites for hydroxylation is 1. The molecule has 0 fully saturated rings. The van der Waals surface area contributed by atoms with Crippen molar-refractivity contribution < 1.29 is 13.2 Å².